The molecule has 1 aliphatic rings. The minimum absolute atomic E-state index is 0.111. The first-order valence-corrected chi connectivity index (χ1v) is 4.06. The summed E-state index contributed by atoms with van der Waals surface area (Å²) in [5, 5.41) is 0. The van der Waals surface area contributed by atoms with E-state index in [2.05, 4.69) is 0 Å². The van der Waals surface area contributed by atoms with Crippen LogP contribution in [0.2, 0.25) is 0 Å². The molecule has 0 aliphatic carbocycles. The van der Waals surface area contributed by atoms with Crippen LogP contribution in [0.1, 0.15) is 13.8 Å². The van der Waals surface area contributed by atoms with E-state index in [1.54, 1.807) is 0 Å². The van der Waals surface area contributed by atoms with Crippen molar-refractivity contribution < 1.29 is 9.59 Å². The Labute approximate surface area is 72.1 Å². The van der Waals surface area contributed by atoms with Crippen molar-refractivity contribution in [2.75, 3.05) is 20.1 Å². The molecule has 0 spiro atoms. The van der Waals surface area contributed by atoms with Gasteiger partial charge in [-0.25, -0.2) is 0 Å². The van der Waals surface area contributed by atoms with Crippen LogP contribution in [0.5, 0.6) is 0 Å². The fourth-order valence-corrected chi connectivity index (χ4v) is 1.12. The zero-order chi connectivity index (χ0) is 9.30. The number of hydrogen-bond acceptors (Lipinski definition) is 3. The lowest BCUT2D eigenvalue weighted by atomic mass is 10.2. The molecule has 0 aromatic carbocycles. The molecule has 68 valence electrons. The lowest BCUT2D eigenvalue weighted by molar-refractivity contribution is -0.150. The van der Waals surface area contributed by atoms with Crippen LogP contribution < -0.4 is 0 Å². The van der Waals surface area contributed by atoms with Crippen LogP contribution in [-0.2, 0) is 9.59 Å². The second-order valence-corrected chi connectivity index (χ2v) is 3.35. The Morgan fingerprint density at radius 3 is 1.92 bits per heavy atom. The maximum Gasteiger partial charge on any atom is 0.243 e. The molecule has 4 heteroatoms. The summed E-state index contributed by atoms with van der Waals surface area (Å²) < 4.78 is 0. The van der Waals surface area contributed by atoms with Crippen LogP contribution in [0.25, 0.3) is 0 Å². The van der Waals surface area contributed by atoms with E-state index in [9.17, 15) is 9.59 Å². The van der Waals surface area contributed by atoms with Crippen LogP contribution in [0.3, 0.4) is 0 Å². The van der Waals surface area contributed by atoms with Gasteiger partial charge in [0.05, 0.1) is 13.1 Å². The highest BCUT2D eigenvalue weighted by atomic mass is 16.2. The van der Waals surface area contributed by atoms with E-state index >= 15 is 0 Å². The van der Waals surface area contributed by atoms with Gasteiger partial charge in [-0.15, -0.1) is 0 Å². The summed E-state index contributed by atoms with van der Waals surface area (Å²) in [5.41, 5.74) is 0. The first-order chi connectivity index (χ1) is 5.52. The molecule has 4 nitrogen and oxygen atoms in total. The summed E-state index contributed by atoms with van der Waals surface area (Å²) in [6.45, 7) is 4.68. The molecule has 1 aliphatic heterocycles. The van der Waals surface area contributed by atoms with Crippen LogP contribution in [0.15, 0.2) is 0 Å². The van der Waals surface area contributed by atoms with Gasteiger partial charge in [-0.3, -0.25) is 19.4 Å². The van der Waals surface area contributed by atoms with Gasteiger partial charge in [0.15, 0.2) is 0 Å². The SMILES string of the molecule is CC(C)N1CC(=O)N(C)C(=O)C1. The van der Waals surface area contributed by atoms with Crippen molar-refractivity contribution in [1.29, 1.82) is 0 Å². The van der Waals surface area contributed by atoms with Crippen molar-refractivity contribution >= 4 is 11.8 Å². The molecule has 0 radical (unpaired) electrons. The zero-order valence-corrected chi connectivity index (χ0v) is 7.70. The third-order valence-corrected chi connectivity index (χ3v) is 2.16. The van der Waals surface area contributed by atoms with Crippen molar-refractivity contribution in [3.63, 3.8) is 0 Å². The average Bonchev–Trinajstić information content (AvgIpc) is 1.99. The summed E-state index contributed by atoms with van der Waals surface area (Å²) in [4.78, 5) is 25.4. The summed E-state index contributed by atoms with van der Waals surface area (Å²) >= 11 is 0. The Morgan fingerprint density at radius 2 is 1.58 bits per heavy atom. The van der Waals surface area contributed by atoms with E-state index in [0.29, 0.717) is 13.1 Å². The van der Waals surface area contributed by atoms with Crippen molar-refractivity contribution in [2.45, 2.75) is 19.9 Å². The van der Waals surface area contributed by atoms with Crippen LogP contribution in [0, 0.1) is 0 Å². The molecule has 0 unspecified atom stereocenters. The fourth-order valence-electron chi connectivity index (χ4n) is 1.12. The summed E-state index contributed by atoms with van der Waals surface area (Å²) in [6.07, 6.45) is 0. The third kappa shape index (κ3) is 1.64. The quantitative estimate of drug-likeness (QED) is 0.507. The predicted octanol–water partition coefficient (Wildman–Crippen LogP) is -0.305. The molecule has 1 saturated heterocycles. The number of nitrogens with zero attached hydrogens (tertiary/aromatic N) is 2. The summed E-state index contributed by atoms with van der Waals surface area (Å²) in [6, 6.07) is 0.256. The Balaban J connectivity index is 2.66. The van der Waals surface area contributed by atoms with Crippen LogP contribution in [0.4, 0.5) is 0 Å². The fraction of sp³-hybridized carbons (Fsp3) is 0.750. The van der Waals surface area contributed by atoms with Crippen LogP contribution >= 0.6 is 0 Å². The first kappa shape index (κ1) is 9.19. The van der Waals surface area contributed by atoms with Crippen molar-refractivity contribution in [2.24, 2.45) is 0 Å². The van der Waals surface area contributed by atoms with Crippen LogP contribution in [-0.4, -0.2) is 47.8 Å². The van der Waals surface area contributed by atoms with Crippen molar-refractivity contribution in [3.8, 4) is 0 Å². The molecule has 1 fully saturated rings. The van der Waals surface area contributed by atoms with E-state index in [-0.39, 0.29) is 17.9 Å². The normalized spacial score (nSPS) is 20.8. The molecule has 1 heterocycles. The molecule has 0 aromatic rings. The highest BCUT2D eigenvalue weighted by molar-refractivity contribution is 5.99. The Hall–Kier alpha value is -0.900. The Morgan fingerprint density at radius 1 is 1.17 bits per heavy atom. The average molecular weight is 170 g/mol. The third-order valence-electron chi connectivity index (χ3n) is 2.16. The molecule has 2 amide bonds. The minimum atomic E-state index is -0.111. The number of likely N-dealkylation sites (N-methyl/N-ethyl adjacent to an activating group) is 1. The largest absolute Gasteiger partial charge is 0.284 e. The van der Waals surface area contributed by atoms with Gasteiger partial charge in [-0.2, -0.15) is 0 Å². The lowest BCUT2D eigenvalue weighted by Crippen LogP contribution is -2.54. The Bertz CT molecular complexity index is 195. The van der Waals surface area contributed by atoms with Gasteiger partial charge in [0.1, 0.15) is 0 Å². The van der Waals surface area contributed by atoms with Gasteiger partial charge in [-0.05, 0) is 13.8 Å². The number of amides is 2. The number of carbonyl (C=O) groups excluding carboxylic acids is 2. The summed E-state index contributed by atoms with van der Waals surface area (Å²) in [5.74, 6) is -0.222. The summed E-state index contributed by atoms with van der Waals surface area (Å²) in [7, 11) is 1.53. The molecule has 0 aromatic heterocycles. The number of hydrogen-bond donors (Lipinski definition) is 0. The smallest absolute Gasteiger partial charge is 0.243 e. The molecule has 0 N–H and O–H groups in total. The second-order valence-electron chi connectivity index (χ2n) is 3.35. The van der Waals surface area contributed by atoms with E-state index in [1.165, 1.54) is 11.9 Å². The van der Waals surface area contributed by atoms with E-state index in [4.69, 9.17) is 0 Å². The van der Waals surface area contributed by atoms with Gasteiger partial charge in [0, 0.05) is 13.1 Å². The minimum Gasteiger partial charge on any atom is -0.284 e. The molecular formula is C8H14N2O2. The van der Waals surface area contributed by atoms with Crippen molar-refractivity contribution in [1.82, 2.24) is 9.80 Å². The molecule has 1 rings (SSSR count). The van der Waals surface area contributed by atoms with Gasteiger partial charge in [0.25, 0.3) is 0 Å². The van der Waals surface area contributed by atoms with Gasteiger partial charge >= 0.3 is 0 Å². The van der Waals surface area contributed by atoms with E-state index < -0.39 is 0 Å². The highest BCUT2D eigenvalue weighted by Gasteiger charge is 2.28. The van der Waals surface area contributed by atoms with Gasteiger partial charge in [0.2, 0.25) is 11.8 Å². The lowest BCUT2D eigenvalue weighted by Gasteiger charge is -2.32. The second kappa shape index (κ2) is 3.23. The zero-order valence-electron chi connectivity index (χ0n) is 7.70. The highest BCUT2D eigenvalue weighted by Crippen LogP contribution is 2.05. The number of carbonyl (C=O) groups is 2. The topological polar surface area (TPSA) is 40.6 Å². The molecule has 0 bridgehead atoms. The Kier molecular flexibility index (Phi) is 2.47. The molecule has 0 saturated carbocycles. The van der Waals surface area contributed by atoms with E-state index in [0.717, 1.165) is 0 Å². The van der Waals surface area contributed by atoms with E-state index in [1.807, 2.05) is 18.7 Å². The number of rotatable bonds is 1. The molecule has 12 heavy (non-hydrogen) atoms. The van der Waals surface area contributed by atoms with Crippen molar-refractivity contribution in [3.05, 3.63) is 0 Å². The van der Waals surface area contributed by atoms with Gasteiger partial charge < -0.3 is 0 Å². The van der Waals surface area contributed by atoms with Gasteiger partial charge in [-0.1, -0.05) is 0 Å². The number of piperazine rings is 1. The monoisotopic (exact) mass is 170 g/mol. The molecule has 0 atom stereocenters. The standard InChI is InChI=1S/C8H14N2O2/c1-6(2)10-4-7(11)9(3)8(12)5-10/h6H,4-5H2,1-3H3. The molecular weight excluding hydrogens is 156 g/mol. The maximum absolute atomic E-state index is 11.2. The number of imide groups is 1. The predicted molar refractivity (Wildman–Crippen MR) is 44.5 cm³/mol. The maximum atomic E-state index is 11.2. The first-order valence-electron chi connectivity index (χ1n) is 4.06.